The van der Waals surface area contributed by atoms with Gasteiger partial charge in [0.2, 0.25) is 0 Å². The monoisotopic (exact) mass is 576 g/mol. The number of carbonyl (C=O) groups excluding carboxylic acids is 3. The van der Waals surface area contributed by atoms with Crippen molar-refractivity contribution in [3.05, 3.63) is 78.2 Å². The standard InChI is InChI=1S/C30H30FN4O5P/c1-2-3-17-40-30(38)35-15-13-34(14-16-35)29(37)27(20-41-39)33-28(36)26-19-22(21-9-5-4-6-10-21)18-25(32-26)23-11-7-8-12-24(23)31/h4-12,18-19,27H,2-3,13-17H2,1H3,(H,33,36)/t27-/m0/s1. The molecule has 0 aliphatic carbocycles. The zero-order chi connectivity index (χ0) is 29.2. The van der Waals surface area contributed by atoms with Gasteiger partial charge in [0.1, 0.15) is 0 Å². The molecule has 1 aromatic heterocycles. The summed E-state index contributed by atoms with van der Waals surface area (Å²) in [6, 6.07) is 17.3. The molecule has 212 valence electrons. The summed E-state index contributed by atoms with van der Waals surface area (Å²) >= 11 is 0. The van der Waals surface area contributed by atoms with Crippen molar-refractivity contribution >= 4 is 25.8 Å². The molecule has 3 aromatic rings. The van der Waals surface area contributed by atoms with Crippen molar-refractivity contribution in [2.45, 2.75) is 25.8 Å². The number of unbranched alkanes of at least 4 members (excludes halogenated alkanes) is 1. The molecule has 0 spiro atoms. The number of carbonyl (C=O) groups is 3. The number of hydrogen-bond acceptors (Lipinski definition) is 6. The van der Waals surface area contributed by atoms with Gasteiger partial charge in [-0.15, -0.1) is 0 Å². The van der Waals surface area contributed by atoms with Crippen LogP contribution in [0, 0.1) is 11.4 Å². The molecule has 1 aliphatic rings. The van der Waals surface area contributed by atoms with Gasteiger partial charge >= 0.3 is 232 Å². The van der Waals surface area contributed by atoms with Gasteiger partial charge in [-0.3, -0.25) is 0 Å². The molecule has 4 rings (SSSR count). The van der Waals surface area contributed by atoms with Gasteiger partial charge in [0.25, 0.3) is 0 Å². The maximum absolute atomic E-state index is 14.7. The van der Waals surface area contributed by atoms with Crippen molar-refractivity contribution in [2.75, 3.05) is 32.8 Å². The van der Waals surface area contributed by atoms with Gasteiger partial charge in [0.05, 0.1) is 0 Å². The normalized spacial score (nSPS) is 13.6. The maximum atomic E-state index is 14.7. The SMILES string of the molecule is CCCCOC(=O)N1CCN(C(=O)[C@H](C#P=O)NC(=O)c2cc(-c3ccccc3)cc(-c3ccccc3F)n2)CC1. The molecule has 1 fully saturated rings. The van der Waals surface area contributed by atoms with Crippen LogP contribution < -0.4 is 5.32 Å². The van der Waals surface area contributed by atoms with Crippen molar-refractivity contribution in [1.82, 2.24) is 20.1 Å². The van der Waals surface area contributed by atoms with Gasteiger partial charge < -0.3 is 0 Å². The molecule has 0 bridgehead atoms. The summed E-state index contributed by atoms with van der Waals surface area (Å²) < 4.78 is 31.3. The van der Waals surface area contributed by atoms with Crippen LogP contribution in [0.1, 0.15) is 30.3 Å². The van der Waals surface area contributed by atoms with E-state index >= 15 is 0 Å². The quantitative estimate of drug-likeness (QED) is 0.299. The second kappa shape index (κ2) is 14.4. The predicted octanol–water partition coefficient (Wildman–Crippen LogP) is 4.98. The van der Waals surface area contributed by atoms with Crippen LogP contribution in [0.5, 0.6) is 0 Å². The third kappa shape index (κ3) is 7.69. The van der Waals surface area contributed by atoms with Crippen LogP contribution in [0.3, 0.4) is 0 Å². The molecular weight excluding hydrogens is 546 g/mol. The van der Waals surface area contributed by atoms with Gasteiger partial charge in [0.15, 0.2) is 0 Å². The number of benzene rings is 2. The number of pyridine rings is 1. The van der Waals surface area contributed by atoms with E-state index in [2.05, 4.69) is 15.9 Å². The van der Waals surface area contributed by atoms with Crippen molar-refractivity contribution < 1.29 is 28.1 Å². The number of piperazine rings is 1. The van der Waals surface area contributed by atoms with Crippen LogP contribution in [0.2, 0.25) is 0 Å². The van der Waals surface area contributed by atoms with Crippen molar-refractivity contribution in [2.24, 2.45) is 0 Å². The Morgan fingerprint density at radius 2 is 1.68 bits per heavy atom. The van der Waals surface area contributed by atoms with E-state index in [-0.39, 0.29) is 43.1 Å². The molecule has 1 atom stereocenters. The Hall–Kier alpha value is -4.26. The number of rotatable bonds is 8. The van der Waals surface area contributed by atoms with E-state index in [4.69, 9.17) is 4.74 Å². The van der Waals surface area contributed by atoms with Crippen LogP contribution in [0.15, 0.2) is 66.7 Å². The molecule has 2 aromatic carbocycles. The van der Waals surface area contributed by atoms with E-state index in [9.17, 15) is 23.3 Å². The summed E-state index contributed by atoms with van der Waals surface area (Å²) in [5, 5.41) is 2.56. The fraction of sp³-hybridized carbons (Fsp3) is 0.300. The van der Waals surface area contributed by atoms with Crippen molar-refractivity contribution in [3.8, 4) is 28.0 Å². The average Bonchev–Trinajstić information content (AvgIpc) is 3.01. The van der Waals surface area contributed by atoms with Gasteiger partial charge in [-0.1, -0.05) is 6.92 Å². The van der Waals surface area contributed by atoms with Crippen molar-refractivity contribution in [1.29, 1.82) is 0 Å². The van der Waals surface area contributed by atoms with E-state index in [1.165, 1.54) is 15.9 Å². The molecule has 1 aliphatic heterocycles. The molecule has 1 saturated heterocycles. The summed E-state index contributed by atoms with van der Waals surface area (Å²) in [7, 11) is -0.567. The van der Waals surface area contributed by atoms with Gasteiger partial charge in [0, 0.05) is 0 Å². The van der Waals surface area contributed by atoms with Crippen LogP contribution >= 0.6 is 7.92 Å². The summed E-state index contributed by atoms with van der Waals surface area (Å²) in [5.41, 5.74) is 4.28. The Kier molecular flexibility index (Phi) is 10.4. The second-order valence-electron chi connectivity index (χ2n) is 9.38. The number of nitrogens with one attached hydrogen (secondary N) is 1. The van der Waals surface area contributed by atoms with E-state index in [1.54, 1.807) is 30.3 Å². The van der Waals surface area contributed by atoms with Crippen LogP contribution in [-0.4, -0.2) is 71.5 Å². The molecule has 0 saturated carbocycles. The summed E-state index contributed by atoms with van der Waals surface area (Å²) in [4.78, 5) is 46.3. The Morgan fingerprint density at radius 3 is 2.37 bits per heavy atom. The molecule has 3 amide bonds. The summed E-state index contributed by atoms with van der Waals surface area (Å²) in [6.45, 7) is 3.29. The van der Waals surface area contributed by atoms with Crippen LogP contribution in [0.4, 0.5) is 9.18 Å². The Morgan fingerprint density at radius 1 is 1.00 bits per heavy atom. The van der Waals surface area contributed by atoms with Gasteiger partial charge in [-0.2, -0.15) is 0 Å². The van der Waals surface area contributed by atoms with Gasteiger partial charge in [-0.25, -0.2) is 0 Å². The Balaban J connectivity index is 1.53. The number of ether oxygens (including phenoxy) is 1. The molecule has 41 heavy (non-hydrogen) atoms. The fourth-order valence-corrected chi connectivity index (χ4v) is 4.63. The van der Waals surface area contributed by atoms with E-state index in [0.29, 0.717) is 12.2 Å². The van der Waals surface area contributed by atoms with Crippen molar-refractivity contribution in [3.63, 3.8) is 0 Å². The topological polar surface area (TPSA) is 109 Å². The van der Waals surface area contributed by atoms with Crippen LogP contribution in [0.25, 0.3) is 22.4 Å². The minimum absolute atomic E-state index is 0.0496. The van der Waals surface area contributed by atoms with Gasteiger partial charge in [-0.05, 0) is 0 Å². The first-order valence-electron chi connectivity index (χ1n) is 13.3. The third-order valence-corrected chi connectivity index (χ3v) is 6.96. The average molecular weight is 577 g/mol. The molecule has 11 heteroatoms. The second-order valence-corrected chi connectivity index (χ2v) is 9.82. The number of nitrogens with zero attached hydrogens (tertiary/aromatic N) is 3. The molecule has 9 nitrogen and oxygen atoms in total. The zero-order valence-corrected chi connectivity index (χ0v) is 23.5. The Labute approximate surface area is 238 Å². The number of amides is 3. The predicted molar refractivity (Wildman–Crippen MR) is 152 cm³/mol. The molecule has 0 unspecified atom stereocenters. The van der Waals surface area contributed by atoms with Crippen LogP contribution in [-0.2, 0) is 14.1 Å². The first kappa shape index (κ1) is 29.7. The zero-order valence-electron chi connectivity index (χ0n) is 22.6. The summed E-state index contributed by atoms with van der Waals surface area (Å²) in [6.07, 6.45) is 1.25. The van der Waals surface area contributed by atoms with E-state index < -0.39 is 37.7 Å². The number of hydrogen-bond donors (Lipinski definition) is 1. The minimum atomic E-state index is -1.33. The van der Waals surface area contributed by atoms with E-state index in [0.717, 1.165) is 18.4 Å². The fourth-order valence-electron chi connectivity index (χ4n) is 4.35. The summed E-state index contributed by atoms with van der Waals surface area (Å²) in [5.74, 6) is -1.73. The molecule has 2 heterocycles. The number of halogens is 1. The molecule has 0 radical (unpaired) electrons. The Bertz CT molecular complexity index is 1510. The van der Waals surface area contributed by atoms with E-state index in [1.807, 2.05) is 37.3 Å². The molecular formula is C30H30FN4O5P. The number of aromatic nitrogens is 1. The molecule has 1 N–H and O–H groups in total. The third-order valence-electron chi connectivity index (χ3n) is 6.59. The first-order chi connectivity index (χ1) is 19.9. The first-order valence-corrected chi connectivity index (χ1v) is 14.1.